The van der Waals surface area contributed by atoms with Gasteiger partial charge in [0.05, 0.1) is 6.61 Å². The molecule has 1 aromatic carbocycles. The van der Waals surface area contributed by atoms with Gasteiger partial charge in [0, 0.05) is 6.42 Å². The largest absolute Gasteiger partial charge is 0.508 e. The van der Waals surface area contributed by atoms with Crippen molar-refractivity contribution in [2.45, 2.75) is 32.6 Å². The molecule has 22 heavy (non-hydrogen) atoms. The lowest BCUT2D eigenvalue weighted by Crippen LogP contribution is -2.02. The Labute approximate surface area is 132 Å². The molecular formula is C20H22O2. The minimum atomic E-state index is 0.365. The van der Waals surface area contributed by atoms with Gasteiger partial charge in [-0.25, -0.2) is 0 Å². The zero-order chi connectivity index (χ0) is 15.5. The van der Waals surface area contributed by atoms with Crippen molar-refractivity contribution in [2.75, 3.05) is 6.61 Å². The van der Waals surface area contributed by atoms with Gasteiger partial charge in [0.2, 0.25) is 0 Å². The highest BCUT2D eigenvalue weighted by Crippen LogP contribution is 2.35. The van der Waals surface area contributed by atoms with E-state index in [-0.39, 0.29) is 0 Å². The van der Waals surface area contributed by atoms with Gasteiger partial charge in [-0.2, -0.15) is 0 Å². The first-order valence-corrected chi connectivity index (χ1v) is 7.93. The zero-order valence-corrected chi connectivity index (χ0v) is 13.1. The van der Waals surface area contributed by atoms with Crippen LogP contribution in [0.5, 0.6) is 0 Å². The quantitative estimate of drug-likeness (QED) is 0.797. The van der Waals surface area contributed by atoms with Crippen LogP contribution in [0.2, 0.25) is 0 Å². The number of rotatable bonds is 6. The average Bonchev–Trinajstić information content (AvgIpc) is 3.32. The van der Waals surface area contributed by atoms with Gasteiger partial charge < -0.3 is 9.84 Å². The second kappa shape index (κ2) is 6.27. The molecular weight excluding hydrogens is 272 g/mol. The highest BCUT2D eigenvalue weighted by Gasteiger charge is 2.21. The SMILES string of the molecule is C=Cc1ccc2c(c1/C=C/C1=CC(OCCC)=C(O)CC1)C2. The molecule has 0 aliphatic heterocycles. The van der Waals surface area contributed by atoms with E-state index in [1.165, 1.54) is 27.8 Å². The Balaban J connectivity index is 1.80. The molecule has 2 heteroatoms. The smallest absolute Gasteiger partial charge is 0.156 e. The Bertz CT molecular complexity index is 690. The fraction of sp³-hybridized carbons (Fsp3) is 0.300. The second-order valence-corrected chi connectivity index (χ2v) is 5.80. The van der Waals surface area contributed by atoms with Crippen molar-refractivity contribution < 1.29 is 9.84 Å². The zero-order valence-electron chi connectivity index (χ0n) is 13.1. The maximum absolute atomic E-state index is 9.91. The van der Waals surface area contributed by atoms with Crippen LogP contribution in [-0.4, -0.2) is 11.7 Å². The summed E-state index contributed by atoms with van der Waals surface area (Å²) >= 11 is 0. The van der Waals surface area contributed by atoms with Gasteiger partial charge in [0.25, 0.3) is 0 Å². The number of hydrogen-bond donors (Lipinski definition) is 1. The highest BCUT2D eigenvalue weighted by molar-refractivity contribution is 5.74. The van der Waals surface area contributed by atoms with Crippen LogP contribution in [0.4, 0.5) is 0 Å². The maximum atomic E-state index is 9.91. The number of allylic oxidation sites excluding steroid dienone is 4. The van der Waals surface area contributed by atoms with E-state index in [2.05, 4.69) is 37.8 Å². The van der Waals surface area contributed by atoms with Crippen LogP contribution in [-0.2, 0) is 11.2 Å². The maximum Gasteiger partial charge on any atom is 0.156 e. The lowest BCUT2D eigenvalue weighted by Gasteiger charge is -2.15. The van der Waals surface area contributed by atoms with E-state index < -0.39 is 0 Å². The van der Waals surface area contributed by atoms with Crippen molar-refractivity contribution in [2.24, 2.45) is 0 Å². The number of hydrogen-bond acceptors (Lipinski definition) is 2. The molecule has 0 atom stereocenters. The lowest BCUT2D eigenvalue weighted by molar-refractivity contribution is 0.197. The Morgan fingerprint density at radius 2 is 2.14 bits per heavy atom. The van der Waals surface area contributed by atoms with E-state index in [4.69, 9.17) is 4.74 Å². The molecule has 0 unspecified atom stereocenters. The Morgan fingerprint density at radius 1 is 1.27 bits per heavy atom. The molecule has 0 bridgehead atoms. The summed E-state index contributed by atoms with van der Waals surface area (Å²) in [6.07, 6.45) is 11.7. The monoisotopic (exact) mass is 294 g/mol. The van der Waals surface area contributed by atoms with Gasteiger partial charge in [-0.1, -0.05) is 43.9 Å². The van der Waals surface area contributed by atoms with Gasteiger partial charge in [-0.15, -0.1) is 0 Å². The van der Waals surface area contributed by atoms with Crippen LogP contribution >= 0.6 is 0 Å². The van der Waals surface area contributed by atoms with Gasteiger partial charge in [-0.3, -0.25) is 0 Å². The van der Waals surface area contributed by atoms with Crippen LogP contribution < -0.4 is 0 Å². The van der Waals surface area contributed by atoms with E-state index in [0.717, 1.165) is 19.3 Å². The standard InChI is InChI=1S/C20H22O2/c1-3-11-22-20-12-14(6-10-19(20)21)5-9-17-15(4-2)7-8-16-13-18(16)17/h4-5,7-9,12,21H,2-3,6,10-11,13H2,1H3/b9-5+. The van der Waals surface area contributed by atoms with E-state index in [9.17, 15) is 5.11 Å². The van der Waals surface area contributed by atoms with E-state index in [0.29, 0.717) is 24.5 Å². The van der Waals surface area contributed by atoms with E-state index in [1.807, 2.05) is 12.2 Å². The first-order chi connectivity index (χ1) is 10.7. The van der Waals surface area contributed by atoms with Crippen molar-refractivity contribution >= 4 is 12.2 Å². The Hall–Kier alpha value is -2.22. The molecule has 2 aliphatic rings. The third kappa shape index (κ3) is 3.01. The Morgan fingerprint density at radius 3 is 2.91 bits per heavy atom. The molecule has 0 saturated heterocycles. The normalized spacial score (nSPS) is 16.5. The second-order valence-electron chi connectivity index (χ2n) is 5.80. The summed E-state index contributed by atoms with van der Waals surface area (Å²) in [7, 11) is 0. The molecule has 0 fully saturated rings. The van der Waals surface area contributed by atoms with Crippen LogP contribution in [0.1, 0.15) is 48.4 Å². The van der Waals surface area contributed by atoms with Crippen LogP contribution in [0, 0.1) is 0 Å². The Kier molecular flexibility index (Phi) is 4.19. The predicted molar refractivity (Wildman–Crippen MR) is 91.6 cm³/mol. The fourth-order valence-electron chi connectivity index (χ4n) is 2.77. The van der Waals surface area contributed by atoms with E-state index in [1.54, 1.807) is 0 Å². The topological polar surface area (TPSA) is 29.5 Å². The minimum absolute atomic E-state index is 0.365. The molecule has 2 aliphatic carbocycles. The third-order valence-corrected chi connectivity index (χ3v) is 4.13. The summed E-state index contributed by atoms with van der Waals surface area (Å²) < 4.78 is 5.61. The molecule has 2 nitrogen and oxygen atoms in total. The van der Waals surface area contributed by atoms with Crippen molar-refractivity contribution in [1.29, 1.82) is 0 Å². The van der Waals surface area contributed by atoms with Crippen molar-refractivity contribution in [3.63, 3.8) is 0 Å². The average molecular weight is 294 g/mol. The summed E-state index contributed by atoms with van der Waals surface area (Å²) in [6, 6.07) is 4.32. The van der Waals surface area contributed by atoms with Crippen molar-refractivity contribution in [3.8, 4) is 0 Å². The molecule has 1 aromatic rings. The summed E-state index contributed by atoms with van der Waals surface area (Å²) in [5, 5.41) is 9.91. The molecule has 1 N–H and O–H groups in total. The number of benzene rings is 1. The predicted octanol–water partition coefficient (Wildman–Crippen LogP) is 5.16. The molecule has 0 saturated carbocycles. The van der Waals surface area contributed by atoms with Gasteiger partial charge in [-0.05, 0) is 53.2 Å². The van der Waals surface area contributed by atoms with Crippen LogP contribution in [0.15, 0.2) is 48.0 Å². The summed E-state index contributed by atoms with van der Waals surface area (Å²) in [5.41, 5.74) is 6.53. The molecule has 0 heterocycles. The summed E-state index contributed by atoms with van der Waals surface area (Å²) in [5.74, 6) is 0.991. The third-order valence-electron chi connectivity index (χ3n) is 4.13. The fourth-order valence-corrected chi connectivity index (χ4v) is 2.77. The summed E-state index contributed by atoms with van der Waals surface area (Å²) in [4.78, 5) is 0. The molecule has 3 rings (SSSR count). The molecule has 0 radical (unpaired) electrons. The minimum Gasteiger partial charge on any atom is -0.508 e. The first-order valence-electron chi connectivity index (χ1n) is 7.93. The molecule has 0 aromatic heterocycles. The van der Waals surface area contributed by atoms with Gasteiger partial charge in [0.15, 0.2) is 5.76 Å². The lowest BCUT2D eigenvalue weighted by atomic mass is 10.00. The summed E-state index contributed by atoms with van der Waals surface area (Å²) in [6.45, 7) is 6.60. The number of fused-ring (bicyclic) bond motifs is 1. The van der Waals surface area contributed by atoms with Gasteiger partial charge in [0.1, 0.15) is 5.76 Å². The number of aliphatic hydroxyl groups excluding tert-OH is 1. The number of aliphatic hydroxyl groups is 1. The molecule has 0 amide bonds. The van der Waals surface area contributed by atoms with E-state index >= 15 is 0 Å². The first kappa shape index (κ1) is 14.7. The van der Waals surface area contributed by atoms with Crippen LogP contribution in [0.25, 0.3) is 12.2 Å². The molecule has 114 valence electrons. The van der Waals surface area contributed by atoms with Gasteiger partial charge >= 0.3 is 0 Å². The highest BCUT2D eigenvalue weighted by atomic mass is 16.5. The van der Waals surface area contributed by atoms with Crippen molar-refractivity contribution in [3.05, 3.63) is 70.2 Å². The number of ether oxygens (including phenoxy) is 1. The molecule has 0 spiro atoms. The van der Waals surface area contributed by atoms with Crippen molar-refractivity contribution in [1.82, 2.24) is 0 Å². The van der Waals surface area contributed by atoms with Crippen LogP contribution in [0.3, 0.4) is 0 Å².